The van der Waals surface area contributed by atoms with Gasteiger partial charge in [0.05, 0.1) is 6.10 Å². The first kappa shape index (κ1) is 11.7. The van der Waals surface area contributed by atoms with Crippen LogP contribution in [-0.2, 0) is 0 Å². The lowest BCUT2D eigenvalue weighted by Crippen LogP contribution is -2.05. The van der Waals surface area contributed by atoms with Gasteiger partial charge in [0.25, 0.3) is 0 Å². The number of benzene rings is 1. The number of nitrogens with zero attached hydrogens (tertiary/aromatic N) is 2. The van der Waals surface area contributed by atoms with E-state index in [0.29, 0.717) is 0 Å². The highest BCUT2D eigenvalue weighted by atomic mass is 16.5. The number of nitrogens with one attached hydrogen (secondary N) is 1. The Morgan fingerprint density at radius 1 is 1.05 bits per heavy atom. The maximum absolute atomic E-state index is 5.63. The lowest BCUT2D eigenvalue weighted by Gasteiger charge is -2.09. The van der Waals surface area contributed by atoms with Gasteiger partial charge in [-0.25, -0.2) is 4.98 Å². The first-order chi connectivity index (χ1) is 9.22. The molecule has 2 aromatic heterocycles. The van der Waals surface area contributed by atoms with Crippen LogP contribution >= 0.6 is 0 Å². The molecule has 3 aromatic rings. The maximum atomic E-state index is 5.63. The highest BCUT2D eigenvalue weighted by Gasteiger charge is 2.05. The molecule has 0 atom stereocenters. The fourth-order valence-corrected chi connectivity index (χ4v) is 1.99. The summed E-state index contributed by atoms with van der Waals surface area (Å²) >= 11 is 0. The third kappa shape index (κ3) is 2.42. The minimum atomic E-state index is 0.187. The van der Waals surface area contributed by atoms with E-state index in [2.05, 4.69) is 15.0 Å². The third-order valence-electron chi connectivity index (χ3n) is 2.80. The number of H-pyrrole nitrogens is 1. The van der Waals surface area contributed by atoms with Crippen LogP contribution in [0.2, 0.25) is 0 Å². The molecule has 4 nitrogen and oxygen atoms in total. The molecule has 96 valence electrons. The van der Waals surface area contributed by atoms with E-state index in [1.54, 1.807) is 12.4 Å². The number of aromatic nitrogens is 3. The van der Waals surface area contributed by atoms with Crippen molar-refractivity contribution >= 4 is 11.2 Å². The average molecular weight is 253 g/mol. The van der Waals surface area contributed by atoms with Gasteiger partial charge in [0, 0.05) is 18.1 Å². The molecule has 2 heterocycles. The number of aromatic amines is 1. The topological polar surface area (TPSA) is 50.8 Å². The molecule has 3 rings (SSSR count). The van der Waals surface area contributed by atoms with Crippen molar-refractivity contribution in [2.24, 2.45) is 0 Å². The maximum Gasteiger partial charge on any atom is 0.156 e. The van der Waals surface area contributed by atoms with Gasteiger partial charge in [0.1, 0.15) is 11.3 Å². The summed E-state index contributed by atoms with van der Waals surface area (Å²) in [5.41, 5.74) is 3.79. The van der Waals surface area contributed by atoms with E-state index in [0.717, 1.165) is 28.2 Å². The van der Waals surface area contributed by atoms with Crippen LogP contribution in [0.1, 0.15) is 13.8 Å². The molecular formula is C15H15N3O. The van der Waals surface area contributed by atoms with Gasteiger partial charge in [0.2, 0.25) is 0 Å². The highest BCUT2D eigenvalue weighted by molar-refractivity contribution is 5.79. The SMILES string of the molecule is CC(C)Oc1ccc(-c2cc3nccnc3[nH]2)cc1. The summed E-state index contributed by atoms with van der Waals surface area (Å²) in [6.07, 6.45) is 3.56. The first-order valence-electron chi connectivity index (χ1n) is 6.29. The molecule has 19 heavy (non-hydrogen) atoms. The van der Waals surface area contributed by atoms with E-state index in [4.69, 9.17) is 4.74 Å². The van der Waals surface area contributed by atoms with Crippen LogP contribution in [-0.4, -0.2) is 21.1 Å². The molecule has 1 N–H and O–H groups in total. The third-order valence-corrected chi connectivity index (χ3v) is 2.80. The first-order valence-corrected chi connectivity index (χ1v) is 6.29. The molecule has 4 heteroatoms. The minimum Gasteiger partial charge on any atom is -0.491 e. The molecule has 0 spiro atoms. The van der Waals surface area contributed by atoms with Crippen LogP contribution in [0, 0.1) is 0 Å². The molecule has 0 aliphatic carbocycles. The average Bonchev–Trinajstić information content (AvgIpc) is 2.82. The number of ether oxygens (including phenoxy) is 1. The summed E-state index contributed by atoms with van der Waals surface area (Å²) in [7, 11) is 0. The zero-order chi connectivity index (χ0) is 13.2. The van der Waals surface area contributed by atoms with Crippen molar-refractivity contribution in [1.82, 2.24) is 15.0 Å². The van der Waals surface area contributed by atoms with Crippen LogP contribution in [0.5, 0.6) is 5.75 Å². The van der Waals surface area contributed by atoms with E-state index in [-0.39, 0.29) is 6.10 Å². The molecule has 0 radical (unpaired) electrons. The van der Waals surface area contributed by atoms with Gasteiger partial charge in [-0.3, -0.25) is 4.98 Å². The van der Waals surface area contributed by atoms with Crippen LogP contribution in [0.4, 0.5) is 0 Å². The largest absolute Gasteiger partial charge is 0.491 e. The smallest absolute Gasteiger partial charge is 0.156 e. The van der Waals surface area contributed by atoms with E-state index in [1.165, 1.54) is 0 Å². The van der Waals surface area contributed by atoms with Gasteiger partial charge in [-0.15, -0.1) is 0 Å². The summed E-state index contributed by atoms with van der Waals surface area (Å²) in [6.45, 7) is 4.03. The molecule has 0 aliphatic rings. The van der Waals surface area contributed by atoms with Crippen LogP contribution in [0.3, 0.4) is 0 Å². The van der Waals surface area contributed by atoms with Crippen molar-refractivity contribution in [3.05, 3.63) is 42.7 Å². The summed E-state index contributed by atoms with van der Waals surface area (Å²) in [5, 5.41) is 0. The van der Waals surface area contributed by atoms with Gasteiger partial charge >= 0.3 is 0 Å². The zero-order valence-electron chi connectivity index (χ0n) is 10.9. The number of rotatable bonds is 3. The Kier molecular flexibility index (Phi) is 2.91. The predicted octanol–water partition coefficient (Wildman–Crippen LogP) is 3.41. The summed E-state index contributed by atoms with van der Waals surface area (Å²) in [5.74, 6) is 0.881. The Labute approximate surface area is 111 Å². The highest BCUT2D eigenvalue weighted by Crippen LogP contribution is 2.24. The van der Waals surface area contributed by atoms with Gasteiger partial charge < -0.3 is 9.72 Å². The normalized spacial score (nSPS) is 11.1. The monoisotopic (exact) mass is 253 g/mol. The van der Waals surface area contributed by atoms with E-state index < -0.39 is 0 Å². The van der Waals surface area contributed by atoms with E-state index in [1.807, 2.05) is 44.2 Å². The summed E-state index contributed by atoms with van der Waals surface area (Å²) in [6, 6.07) is 10.0. The molecule has 0 fully saturated rings. The van der Waals surface area contributed by atoms with E-state index in [9.17, 15) is 0 Å². The second kappa shape index (κ2) is 4.72. The van der Waals surface area contributed by atoms with Crippen LogP contribution in [0.25, 0.3) is 22.4 Å². The standard InChI is InChI=1S/C15H15N3O/c1-10(2)19-12-5-3-11(4-6-12)13-9-14-15(18-13)17-8-7-16-14/h3-10H,1-2H3,(H,17,18). The molecule has 1 aromatic carbocycles. The van der Waals surface area contributed by atoms with Crippen molar-refractivity contribution in [3.63, 3.8) is 0 Å². The molecule has 0 saturated heterocycles. The Balaban J connectivity index is 1.93. The second-order valence-electron chi connectivity index (χ2n) is 4.66. The quantitative estimate of drug-likeness (QED) is 0.778. The van der Waals surface area contributed by atoms with Gasteiger partial charge in [-0.2, -0.15) is 0 Å². The van der Waals surface area contributed by atoms with Gasteiger partial charge in [0.15, 0.2) is 5.65 Å². The Hall–Kier alpha value is -2.36. The Morgan fingerprint density at radius 3 is 2.47 bits per heavy atom. The van der Waals surface area contributed by atoms with Crippen LogP contribution < -0.4 is 4.74 Å². The molecular weight excluding hydrogens is 238 g/mol. The number of hydrogen-bond acceptors (Lipinski definition) is 3. The van der Waals surface area contributed by atoms with Crippen molar-refractivity contribution in [2.75, 3.05) is 0 Å². The summed E-state index contributed by atoms with van der Waals surface area (Å²) < 4.78 is 5.63. The minimum absolute atomic E-state index is 0.187. The fourth-order valence-electron chi connectivity index (χ4n) is 1.99. The van der Waals surface area contributed by atoms with Crippen molar-refractivity contribution in [2.45, 2.75) is 20.0 Å². The zero-order valence-corrected chi connectivity index (χ0v) is 10.9. The van der Waals surface area contributed by atoms with Crippen LogP contribution in [0.15, 0.2) is 42.7 Å². The lowest BCUT2D eigenvalue weighted by atomic mass is 10.1. The van der Waals surface area contributed by atoms with Crippen molar-refractivity contribution in [1.29, 1.82) is 0 Å². The fraction of sp³-hybridized carbons (Fsp3) is 0.200. The second-order valence-corrected chi connectivity index (χ2v) is 4.66. The number of fused-ring (bicyclic) bond motifs is 1. The Bertz CT molecular complexity index is 653. The van der Waals surface area contributed by atoms with Gasteiger partial charge in [-0.1, -0.05) is 0 Å². The van der Waals surface area contributed by atoms with E-state index >= 15 is 0 Å². The predicted molar refractivity (Wildman–Crippen MR) is 75.1 cm³/mol. The Morgan fingerprint density at radius 2 is 1.79 bits per heavy atom. The van der Waals surface area contributed by atoms with Crippen molar-refractivity contribution in [3.8, 4) is 17.0 Å². The van der Waals surface area contributed by atoms with Crippen molar-refractivity contribution < 1.29 is 4.74 Å². The molecule has 0 aliphatic heterocycles. The van der Waals surface area contributed by atoms with Gasteiger partial charge in [-0.05, 0) is 49.7 Å². The molecule has 0 bridgehead atoms. The lowest BCUT2D eigenvalue weighted by molar-refractivity contribution is 0.242. The molecule has 0 saturated carbocycles. The molecule has 0 amide bonds. The number of hydrogen-bond donors (Lipinski definition) is 1. The molecule has 0 unspecified atom stereocenters. The summed E-state index contributed by atoms with van der Waals surface area (Å²) in [4.78, 5) is 11.8.